The minimum atomic E-state index is -0.105. The van der Waals surface area contributed by atoms with Gasteiger partial charge in [-0.05, 0) is 49.0 Å². The highest BCUT2D eigenvalue weighted by molar-refractivity contribution is 7.15. The van der Waals surface area contributed by atoms with Crippen molar-refractivity contribution in [1.82, 2.24) is 19.9 Å². The average molecular weight is 397 g/mol. The summed E-state index contributed by atoms with van der Waals surface area (Å²) in [4.78, 5) is 27.0. The number of carbonyl (C=O) groups excluding carboxylic acids is 1. The van der Waals surface area contributed by atoms with E-state index < -0.39 is 0 Å². The second kappa shape index (κ2) is 7.18. The summed E-state index contributed by atoms with van der Waals surface area (Å²) in [7, 11) is 4.12. The molecular formula is C19H22N5OSSi. The lowest BCUT2D eigenvalue weighted by molar-refractivity contribution is -0.114. The molecule has 2 N–H and O–H groups in total. The number of thiazole rings is 1. The molecule has 8 heteroatoms. The smallest absolute Gasteiger partial charge is 0.223 e. The SMILES string of the molecule is CC(=O)Nc1ncc(CN2CCC[C@]([Si])(c3cc4cc[nH]c4nc3C)C2)s1. The predicted molar refractivity (Wildman–Crippen MR) is 109 cm³/mol. The molecule has 3 aromatic heterocycles. The van der Waals surface area contributed by atoms with E-state index in [1.54, 1.807) is 0 Å². The average Bonchev–Trinajstić information content (AvgIpc) is 3.22. The molecule has 1 aliphatic heterocycles. The van der Waals surface area contributed by atoms with Crippen molar-refractivity contribution in [3.8, 4) is 0 Å². The summed E-state index contributed by atoms with van der Waals surface area (Å²) in [6.45, 7) is 6.39. The zero-order valence-corrected chi connectivity index (χ0v) is 17.3. The highest BCUT2D eigenvalue weighted by Crippen LogP contribution is 2.35. The minimum absolute atomic E-state index is 0.0869. The molecule has 1 aliphatic rings. The van der Waals surface area contributed by atoms with Crippen LogP contribution in [0, 0.1) is 6.92 Å². The van der Waals surface area contributed by atoms with Crippen LogP contribution in [0.5, 0.6) is 0 Å². The van der Waals surface area contributed by atoms with E-state index in [1.165, 1.54) is 23.8 Å². The van der Waals surface area contributed by atoms with E-state index in [-0.39, 0.29) is 10.9 Å². The summed E-state index contributed by atoms with van der Waals surface area (Å²) in [5, 5.41) is 4.46. The van der Waals surface area contributed by atoms with E-state index >= 15 is 0 Å². The maximum absolute atomic E-state index is 11.2. The van der Waals surface area contributed by atoms with E-state index in [0.29, 0.717) is 5.13 Å². The number of hydrogen-bond acceptors (Lipinski definition) is 5. The number of anilines is 1. The fourth-order valence-corrected chi connectivity index (χ4v) is 5.42. The molecule has 0 aliphatic carbocycles. The maximum atomic E-state index is 11.2. The number of H-pyrrole nitrogens is 1. The second-order valence-corrected chi connectivity index (χ2v) is 9.32. The molecule has 27 heavy (non-hydrogen) atoms. The van der Waals surface area contributed by atoms with Crippen molar-refractivity contribution >= 4 is 43.7 Å². The first-order valence-corrected chi connectivity index (χ1v) is 10.4. The van der Waals surface area contributed by atoms with Gasteiger partial charge < -0.3 is 10.3 Å². The third kappa shape index (κ3) is 3.83. The van der Waals surface area contributed by atoms with Crippen LogP contribution in [0.3, 0.4) is 0 Å². The van der Waals surface area contributed by atoms with Crippen molar-refractivity contribution in [3.63, 3.8) is 0 Å². The van der Waals surface area contributed by atoms with E-state index in [9.17, 15) is 4.79 Å². The maximum Gasteiger partial charge on any atom is 0.223 e. The Morgan fingerprint density at radius 1 is 1.52 bits per heavy atom. The van der Waals surface area contributed by atoms with Crippen molar-refractivity contribution in [2.45, 2.75) is 38.3 Å². The molecule has 4 rings (SSSR count). The molecule has 0 spiro atoms. The fourth-order valence-electron chi connectivity index (χ4n) is 3.87. The Labute approximate surface area is 165 Å². The Kier molecular flexibility index (Phi) is 4.87. The van der Waals surface area contributed by atoms with Crippen LogP contribution in [0.25, 0.3) is 11.0 Å². The number of hydrogen-bond donors (Lipinski definition) is 2. The molecule has 3 aromatic rings. The standard InChI is InChI=1S/C19H22N5OSSi/c1-12-16(8-14-4-6-20-17(14)22-12)19(27)5-3-7-24(11-19)10-15-9-21-18(26-15)23-13(2)25/h4,6,8-9H,3,5,7,10-11H2,1-2H3,(H,20,22)(H,21,23,25)/t19-/m1/s1. The van der Waals surface area contributed by atoms with Gasteiger partial charge in [-0.25, -0.2) is 9.97 Å². The number of aryl methyl sites for hydroxylation is 1. The van der Waals surface area contributed by atoms with Gasteiger partial charge in [-0.1, -0.05) is 0 Å². The summed E-state index contributed by atoms with van der Waals surface area (Å²) in [6.07, 6.45) is 5.99. The summed E-state index contributed by atoms with van der Waals surface area (Å²) < 4.78 is 0. The molecular weight excluding hydrogens is 374 g/mol. The van der Waals surface area contributed by atoms with Crippen LogP contribution in [-0.2, 0) is 16.4 Å². The van der Waals surface area contributed by atoms with Gasteiger partial charge in [0.2, 0.25) is 5.91 Å². The lowest BCUT2D eigenvalue weighted by Crippen LogP contribution is -2.46. The Hall–Kier alpha value is -2.03. The number of nitrogens with one attached hydrogen (secondary N) is 2. The largest absolute Gasteiger partial charge is 0.346 e. The van der Waals surface area contributed by atoms with Gasteiger partial charge in [0.05, 0.1) is 0 Å². The highest BCUT2D eigenvalue weighted by Gasteiger charge is 2.34. The van der Waals surface area contributed by atoms with Gasteiger partial charge in [0, 0.05) is 58.6 Å². The number of aromatic nitrogens is 3. The van der Waals surface area contributed by atoms with Gasteiger partial charge in [-0.15, -0.1) is 11.3 Å². The molecule has 1 saturated heterocycles. The van der Waals surface area contributed by atoms with Gasteiger partial charge in [-0.3, -0.25) is 9.69 Å². The van der Waals surface area contributed by atoms with Crippen molar-refractivity contribution < 1.29 is 4.79 Å². The third-order valence-corrected chi connectivity index (χ3v) is 6.60. The first-order chi connectivity index (χ1) is 12.9. The first kappa shape index (κ1) is 18.3. The van der Waals surface area contributed by atoms with Crippen LogP contribution in [0.2, 0.25) is 0 Å². The summed E-state index contributed by atoms with van der Waals surface area (Å²) in [5.41, 5.74) is 3.26. The van der Waals surface area contributed by atoms with Gasteiger partial charge in [0.1, 0.15) is 5.65 Å². The van der Waals surface area contributed by atoms with Crippen LogP contribution < -0.4 is 5.32 Å². The zero-order chi connectivity index (χ0) is 19.0. The number of pyridine rings is 1. The molecule has 0 saturated carbocycles. The van der Waals surface area contributed by atoms with Crippen molar-refractivity contribution in [1.29, 1.82) is 0 Å². The Balaban J connectivity index is 1.53. The topological polar surface area (TPSA) is 73.9 Å². The molecule has 1 fully saturated rings. The lowest BCUT2D eigenvalue weighted by atomic mass is 9.87. The van der Waals surface area contributed by atoms with Gasteiger partial charge >= 0.3 is 0 Å². The fraction of sp³-hybridized carbons (Fsp3) is 0.421. The van der Waals surface area contributed by atoms with Crippen LogP contribution in [0.4, 0.5) is 5.13 Å². The third-order valence-electron chi connectivity index (χ3n) is 5.03. The molecule has 0 unspecified atom stereocenters. The number of nitrogens with zero attached hydrogens (tertiary/aromatic N) is 3. The van der Waals surface area contributed by atoms with Crippen molar-refractivity contribution in [3.05, 3.63) is 40.7 Å². The Morgan fingerprint density at radius 2 is 2.37 bits per heavy atom. The number of amides is 1. The Morgan fingerprint density at radius 3 is 3.19 bits per heavy atom. The van der Waals surface area contributed by atoms with E-state index in [0.717, 1.165) is 54.1 Å². The minimum Gasteiger partial charge on any atom is -0.346 e. The number of piperidine rings is 1. The molecule has 6 nitrogen and oxygen atoms in total. The van der Waals surface area contributed by atoms with Crippen molar-refractivity contribution in [2.75, 3.05) is 18.4 Å². The number of rotatable bonds is 4. The number of fused-ring (bicyclic) bond motifs is 1. The van der Waals surface area contributed by atoms with Gasteiger partial charge in [0.15, 0.2) is 5.13 Å². The number of carbonyl (C=O) groups is 1. The molecule has 4 heterocycles. The summed E-state index contributed by atoms with van der Waals surface area (Å²) in [6, 6.07) is 4.33. The quantitative estimate of drug-likeness (QED) is 0.665. The van der Waals surface area contributed by atoms with E-state index in [1.807, 2.05) is 12.4 Å². The number of aromatic amines is 1. The van der Waals surface area contributed by atoms with E-state index in [2.05, 4.69) is 49.5 Å². The van der Waals surface area contributed by atoms with Crippen LogP contribution >= 0.6 is 11.3 Å². The van der Waals surface area contributed by atoms with Crippen LogP contribution in [0.1, 0.15) is 35.9 Å². The highest BCUT2D eigenvalue weighted by atomic mass is 32.1. The molecule has 3 radical (unpaired) electrons. The molecule has 0 bridgehead atoms. The zero-order valence-electron chi connectivity index (χ0n) is 15.5. The Bertz CT molecular complexity index is 984. The number of likely N-dealkylation sites (tertiary alicyclic amines) is 1. The summed E-state index contributed by atoms with van der Waals surface area (Å²) >= 11 is 1.54. The molecule has 1 atom stereocenters. The van der Waals surface area contributed by atoms with Crippen molar-refractivity contribution in [2.24, 2.45) is 0 Å². The normalized spacial score (nSPS) is 20.9. The molecule has 1 amide bonds. The van der Waals surface area contributed by atoms with Gasteiger partial charge in [-0.2, -0.15) is 0 Å². The van der Waals surface area contributed by atoms with Crippen LogP contribution in [0.15, 0.2) is 24.5 Å². The van der Waals surface area contributed by atoms with Gasteiger partial charge in [0.25, 0.3) is 0 Å². The monoisotopic (exact) mass is 396 g/mol. The molecule has 0 aromatic carbocycles. The van der Waals surface area contributed by atoms with E-state index in [4.69, 9.17) is 4.98 Å². The first-order valence-electron chi connectivity index (χ1n) is 9.08. The summed E-state index contributed by atoms with van der Waals surface area (Å²) in [5.74, 6) is -0.0869. The van der Waals surface area contributed by atoms with Crippen LogP contribution in [-0.4, -0.2) is 49.1 Å². The second-order valence-electron chi connectivity index (χ2n) is 7.25. The lowest BCUT2D eigenvalue weighted by Gasteiger charge is -2.41. The molecule has 139 valence electrons. The predicted octanol–water partition coefficient (Wildman–Crippen LogP) is 2.95.